The van der Waals surface area contributed by atoms with E-state index in [4.69, 9.17) is 0 Å². The molecule has 0 aliphatic carbocycles. The molecule has 0 aromatic carbocycles. The van der Waals surface area contributed by atoms with Gasteiger partial charge in [0.05, 0.1) is 11.7 Å². The van der Waals surface area contributed by atoms with E-state index >= 15 is 0 Å². The second-order valence-electron chi connectivity index (χ2n) is 4.93. The summed E-state index contributed by atoms with van der Waals surface area (Å²) in [4.78, 5) is 4.88. The van der Waals surface area contributed by atoms with E-state index in [1.54, 1.807) is 0 Å². The van der Waals surface area contributed by atoms with Crippen molar-refractivity contribution >= 4 is 0 Å². The summed E-state index contributed by atoms with van der Waals surface area (Å²) >= 11 is 0. The summed E-state index contributed by atoms with van der Waals surface area (Å²) in [6.45, 7) is 10.1. The van der Waals surface area contributed by atoms with Gasteiger partial charge in [0.25, 0.3) is 0 Å². The Morgan fingerprint density at radius 3 is 2.88 bits per heavy atom. The van der Waals surface area contributed by atoms with Gasteiger partial charge in [0.2, 0.25) is 0 Å². The van der Waals surface area contributed by atoms with Crippen LogP contribution in [-0.2, 0) is 6.54 Å². The first-order valence-electron chi connectivity index (χ1n) is 6.67. The first-order chi connectivity index (χ1) is 8.24. The average Bonchev–Trinajstić information content (AvgIpc) is 2.78. The molecule has 1 aliphatic heterocycles. The van der Waals surface area contributed by atoms with Crippen molar-refractivity contribution in [3.63, 3.8) is 0 Å². The number of aromatic nitrogens is 2. The van der Waals surface area contributed by atoms with Gasteiger partial charge in [-0.2, -0.15) is 5.10 Å². The van der Waals surface area contributed by atoms with Crippen LogP contribution < -0.4 is 0 Å². The van der Waals surface area contributed by atoms with Crippen molar-refractivity contribution in [2.24, 2.45) is 0 Å². The van der Waals surface area contributed by atoms with Crippen molar-refractivity contribution in [3.05, 3.63) is 18.0 Å². The Balaban J connectivity index is 1.98. The molecule has 0 bridgehead atoms. The number of likely N-dealkylation sites (N-methyl/N-ethyl adjacent to an activating group) is 1. The van der Waals surface area contributed by atoms with E-state index in [9.17, 15) is 0 Å². The highest BCUT2D eigenvalue weighted by Gasteiger charge is 2.23. The van der Waals surface area contributed by atoms with Gasteiger partial charge in [-0.25, -0.2) is 0 Å². The molecule has 0 radical (unpaired) electrons. The molecule has 1 aromatic rings. The van der Waals surface area contributed by atoms with E-state index in [-0.39, 0.29) is 0 Å². The summed E-state index contributed by atoms with van der Waals surface area (Å²) in [5.41, 5.74) is 1.35. The Morgan fingerprint density at radius 2 is 2.18 bits per heavy atom. The zero-order valence-electron chi connectivity index (χ0n) is 11.3. The summed E-state index contributed by atoms with van der Waals surface area (Å²) in [7, 11) is 2.20. The molecule has 0 N–H and O–H groups in total. The van der Waals surface area contributed by atoms with Gasteiger partial charge < -0.3 is 4.90 Å². The van der Waals surface area contributed by atoms with E-state index in [1.807, 2.05) is 6.20 Å². The zero-order valence-corrected chi connectivity index (χ0v) is 11.3. The number of hydrogen-bond acceptors (Lipinski definition) is 3. The van der Waals surface area contributed by atoms with Crippen LogP contribution in [0.25, 0.3) is 0 Å². The fraction of sp³-hybridized carbons (Fsp3) is 0.769. The number of rotatable bonds is 5. The molecule has 0 amide bonds. The summed E-state index contributed by atoms with van der Waals surface area (Å²) in [5, 5.41) is 4.47. The molecule has 17 heavy (non-hydrogen) atoms. The SMILES string of the molecule is CCN(CC)CCC1CN(C)Cc2ccnn21. The molecule has 0 fully saturated rings. The highest BCUT2D eigenvalue weighted by atomic mass is 15.3. The molecule has 2 rings (SSSR count). The molecule has 0 spiro atoms. The van der Waals surface area contributed by atoms with Gasteiger partial charge in [0, 0.05) is 25.8 Å². The second-order valence-corrected chi connectivity index (χ2v) is 4.93. The molecule has 0 saturated heterocycles. The van der Waals surface area contributed by atoms with Gasteiger partial charge in [0.15, 0.2) is 0 Å². The highest BCUT2D eigenvalue weighted by Crippen LogP contribution is 2.21. The quantitative estimate of drug-likeness (QED) is 0.776. The molecule has 1 unspecified atom stereocenters. The van der Waals surface area contributed by atoms with E-state index < -0.39 is 0 Å². The van der Waals surface area contributed by atoms with Crippen LogP contribution in [0.1, 0.15) is 32.0 Å². The van der Waals surface area contributed by atoms with E-state index in [1.165, 1.54) is 18.7 Å². The fourth-order valence-corrected chi connectivity index (χ4v) is 2.66. The molecular weight excluding hydrogens is 212 g/mol. The molecule has 4 heteroatoms. The van der Waals surface area contributed by atoms with Gasteiger partial charge in [-0.05, 0) is 32.6 Å². The lowest BCUT2D eigenvalue weighted by Crippen LogP contribution is -2.37. The van der Waals surface area contributed by atoms with Crippen LogP contribution in [-0.4, -0.2) is 52.8 Å². The van der Waals surface area contributed by atoms with Crippen molar-refractivity contribution in [1.29, 1.82) is 0 Å². The topological polar surface area (TPSA) is 24.3 Å². The molecule has 2 heterocycles. The van der Waals surface area contributed by atoms with Crippen LogP contribution in [0, 0.1) is 0 Å². The molecule has 1 aliphatic rings. The highest BCUT2D eigenvalue weighted by molar-refractivity contribution is 5.04. The first kappa shape index (κ1) is 12.6. The van der Waals surface area contributed by atoms with Crippen LogP contribution in [0.5, 0.6) is 0 Å². The minimum Gasteiger partial charge on any atom is -0.304 e. The lowest BCUT2D eigenvalue weighted by atomic mass is 10.1. The Bertz CT molecular complexity index is 343. The van der Waals surface area contributed by atoms with E-state index in [2.05, 4.69) is 46.5 Å². The van der Waals surface area contributed by atoms with Crippen LogP contribution in [0.3, 0.4) is 0 Å². The van der Waals surface area contributed by atoms with Gasteiger partial charge >= 0.3 is 0 Å². The predicted octanol–water partition coefficient (Wildman–Crippen LogP) is 1.60. The molecule has 0 saturated carbocycles. The fourth-order valence-electron chi connectivity index (χ4n) is 2.66. The van der Waals surface area contributed by atoms with Crippen molar-refractivity contribution in [2.45, 2.75) is 32.9 Å². The Morgan fingerprint density at radius 1 is 1.41 bits per heavy atom. The maximum absolute atomic E-state index is 4.47. The van der Waals surface area contributed by atoms with Crippen LogP contribution in [0.15, 0.2) is 12.3 Å². The maximum atomic E-state index is 4.47. The maximum Gasteiger partial charge on any atom is 0.0662 e. The third kappa shape index (κ3) is 2.87. The smallest absolute Gasteiger partial charge is 0.0662 e. The van der Waals surface area contributed by atoms with Crippen LogP contribution in [0.2, 0.25) is 0 Å². The lowest BCUT2D eigenvalue weighted by molar-refractivity contribution is 0.182. The molecule has 1 aromatic heterocycles. The van der Waals surface area contributed by atoms with Crippen molar-refractivity contribution in [3.8, 4) is 0 Å². The van der Waals surface area contributed by atoms with Crippen molar-refractivity contribution < 1.29 is 0 Å². The van der Waals surface area contributed by atoms with Crippen molar-refractivity contribution in [1.82, 2.24) is 19.6 Å². The van der Waals surface area contributed by atoms with Gasteiger partial charge in [-0.1, -0.05) is 13.8 Å². The summed E-state index contributed by atoms with van der Waals surface area (Å²) in [5.74, 6) is 0. The Hall–Kier alpha value is -0.870. The van der Waals surface area contributed by atoms with Crippen LogP contribution >= 0.6 is 0 Å². The predicted molar refractivity (Wildman–Crippen MR) is 70.0 cm³/mol. The monoisotopic (exact) mass is 236 g/mol. The van der Waals surface area contributed by atoms with Crippen molar-refractivity contribution in [2.75, 3.05) is 33.2 Å². The third-order valence-electron chi connectivity index (χ3n) is 3.73. The summed E-state index contributed by atoms with van der Waals surface area (Å²) < 4.78 is 2.23. The third-order valence-corrected chi connectivity index (χ3v) is 3.73. The Labute approximate surface area is 104 Å². The minimum atomic E-state index is 0.541. The van der Waals surface area contributed by atoms with E-state index in [0.29, 0.717) is 6.04 Å². The first-order valence-corrected chi connectivity index (χ1v) is 6.67. The van der Waals surface area contributed by atoms with E-state index in [0.717, 1.165) is 26.2 Å². The van der Waals surface area contributed by atoms with Gasteiger partial charge in [-0.3, -0.25) is 9.58 Å². The normalized spacial score (nSPS) is 20.8. The molecule has 96 valence electrons. The lowest BCUT2D eigenvalue weighted by Gasteiger charge is -2.32. The van der Waals surface area contributed by atoms with Gasteiger partial charge in [-0.15, -0.1) is 0 Å². The Kier molecular flexibility index (Phi) is 4.18. The summed E-state index contributed by atoms with van der Waals surface area (Å²) in [6, 6.07) is 2.68. The number of hydrogen-bond donors (Lipinski definition) is 0. The largest absolute Gasteiger partial charge is 0.304 e. The molecule has 1 atom stereocenters. The summed E-state index contributed by atoms with van der Waals surface area (Å²) in [6.07, 6.45) is 3.12. The van der Waals surface area contributed by atoms with Gasteiger partial charge in [0.1, 0.15) is 0 Å². The molecular formula is C13H24N4. The minimum absolute atomic E-state index is 0.541. The second kappa shape index (κ2) is 5.65. The average molecular weight is 236 g/mol. The number of fused-ring (bicyclic) bond motifs is 1. The molecule has 4 nitrogen and oxygen atoms in total. The number of nitrogens with zero attached hydrogens (tertiary/aromatic N) is 4. The standard InChI is InChI=1S/C13H24N4/c1-4-16(5-2)9-7-13-11-15(3)10-12-6-8-14-17(12)13/h6,8,13H,4-5,7,9-11H2,1-3H3. The zero-order chi connectivity index (χ0) is 12.3. The van der Waals surface area contributed by atoms with Crippen LogP contribution in [0.4, 0.5) is 0 Å².